The number of aryl methyl sites for hydroxylation is 2. The van der Waals surface area contributed by atoms with Crippen LogP contribution in [0.2, 0.25) is 0 Å². The average Bonchev–Trinajstić information content (AvgIpc) is 2.24. The summed E-state index contributed by atoms with van der Waals surface area (Å²) in [6.07, 6.45) is 4.81. The predicted octanol–water partition coefficient (Wildman–Crippen LogP) is 2.41. The molecule has 15 heavy (non-hydrogen) atoms. The van der Waals surface area contributed by atoms with Crippen LogP contribution in [0.15, 0.2) is 15.6 Å². The van der Waals surface area contributed by atoms with Crippen LogP contribution in [0.4, 0.5) is 0 Å². The highest BCUT2D eigenvalue weighted by Crippen LogP contribution is 2.06. The van der Waals surface area contributed by atoms with E-state index < -0.39 is 0 Å². The van der Waals surface area contributed by atoms with E-state index in [1.165, 1.54) is 0 Å². The van der Waals surface area contributed by atoms with Gasteiger partial charge in [-0.1, -0.05) is 6.42 Å². The van der Waals surface area contributed by atoms with E-state index in [9.17, 15) is 4.79 Å². The highest BCUT2D eigenvalue weighted by Gasteiger charge is 2.04. The first kappa shape index (κ1) is 12.8. The first-order chi connectivity index (χ1) is 7.16. The van der Waals surface area contributed by atoms with E-state index in [1.54, 1.807) is 10.9 Å². The third kappa shape index (κ3) is 3.65. The molecule has 1 rings (SSSR count). The average molecular weight is 291 g/mol. The molecular weight excluding hydrogens is 276 g/mol. The Hall–Kier alpha value is -0.290. The molecule has 0 aliphatic carbocycles. The van der Waals surface area contributed by atoms with Gasteiger partial charge in [0.2, 0.25) is 0 Å². The Balaban J connectivity index is 2.63. The maximum Gasteiger partial charge on any atom is 0.267 e. The number of aromatic nitrogens is 2. The van der Waals surface area contributed by atoms with E-state index in [0.29, 0.717) is 4.47 Å². The van der Waals surface area contributed by atoms with Gasteiger partial charge in [0.1, 0.15) is 4.47 Å². The van der Waals surface area contributed by atoms with E-state index >= 15 is 0 Å². The zero-order chi connectivity index (χ0) is 11.3. The maximum atomic E-state index is 11.7. The number of unbranched alkanes of at least 4 members (excludes halogenated alkanes) is 2. The minimum absolute atomic E-state index is 0.00775. The summed E-state index contributed by atoms with van der Waals surface area (Å²) in [5.74, 6) is 0.907. The molecule has 3 nitrogen and oxygen atoms in total. The van der Waals surface area contributed by atoms with Gasteiger partial charge in [-0.3, -0.25) is 9.36 Å². The van der Waals surface area contributed by atoms with Crippen LogP contribution in [0.3, 0.4) is 0 Å². The fourth-order valence-electron chi connectivity index (χ4n) is 1.28. The molecule has 0 aliphatic rings. The van der Waals surface area contributed by atoms with E-state index in [4.69, 9.17) is 0 Å². The summed E-state index contributed by atoms with van der Waals surface area (Å²) in [7, 11) is 0. The van der Waals surface area contributed by atoms with E-state index in [0.717, 1.165) is 37.3 Å². The highest BCUT2D eigenvalue weighted by molar-refractivity contribution is 9.10. The first-order valence-electron chi connectivity index (χ1n) is 4.99. The molecule has 0 unspecified atom stereocenters. The Morgan fingerprint density at radius 2 is 2.20 bits per heavy atom. The van der Waals surface area contributed by atoms with Crippen LogP contribution < -0.4 is 5.56 Å². The molecule has 0 aromatic carbocycles. The highest BCUT2D eigenvalue weighted by atomic mass is 79.9. The van der Waals surface area contributed by atoms with Gasteiger partial charge >= 0.3 is 0 Å². The first-order valence-corrected chi connectivity index (χ1v) is 6.41. The van der Waals surface area contributed by atoms with Gasteiger partial charge in [0.15, 0.2) is 0 Å². The zero-order valence-corrected chi connectivity index (χ0v) is 11.2. The third-order valence-electron chi connectivity index (χ3n) is 2.21. The van der Waals surface area contributed by atoms with Crippen molar-refractivity contribution in [3.8, 4) is 0 Å². The second-order valence-electron chi connectivity index (χ2n) is 3.43. The number of rotatable bonds is 5. The fourth-order valence-corrected chi connectivity index (χ4v) is 1.83. The molecule has 0 spiro atoms. The Bertz CT molecular complexity index is 378. The van der Waals surface area contributed by atoms with Crippen LogP contribution in [0.1, 0.15) is 25.0 Å². The minimum atomic E-state index is 0.00775. The van der Waals surface area contributed by atoms with Crippen molar-refractivity contribution in [2.24, 2.45) is 0 Å². The van der Waals surface area contributed by atoms with Crippen molar-refractivity contribution in [3.05, 3.63) is 26.8 Å². The molecular formula is C10H15BrN2OS. The lowest BCUT2D eigenvalue weighted by atomic mass is 10.2. The molecule has 5 heteroatoms. The third-order valence-corrected chi connectivity index (χ3v) is 3.44. The van der Waals surface area contributed by atoms with Gasteiger partial charge in [-0.25, -0.2) is 4.98 Å². The molecule has 0 atom stereocenters. The number of hydrogen-bond donors (Lipinski definition) is 1. The van der Waals surface area contributed by atoms with Gasteiger partial charge < -0.3 is 0 Å². The smallest absolute Gasteiger partial charge is 0.267 e. The standard InChI is InChI=1S/C10H15BrN2OS/c1-8-9(11)10(14)13(7-12-8)5-3-2-4-6-15/h7,15H,2-6H2,1H3. The summed E-state index contributed by atoms with van der Waals surface area (Å²) in [5.41, 5.74) is 0.750. The van der Waals surface area contributed by atoms with Gasteiger partial charge in [0.25, 0.3) is 5.56 Å². The predicted molar refractivity (Wildman–Crippen MR) is 68.6 cm³/mol. The lowest BCUT2D eigenvalue weighted by molar-refractivity contribution is 0.578. The van der Waals surface area contributed by atoms with E-state index in [1.807, 2.05) is 6.92 Å². The molecule has 0 radical (unpaired) electrons. The second kappa shape index (κ2) is 6.33. The van der Waals surface area contributed by atoms with Crippen LogP contribution in [0, 0.1) is 6.92 Å². The Morgan fingerprint density at radius 1 is 1.47 bits per heavy atom. The fraction of sp³-hybridized carbons (Fsp3) is 0.600. The topological polar surface area (TPSA) is 34.9 Å². The SMILES string of the molecule is Cc1ncn(CCCCCS)c(=O)c1Br. The Labute approximate surface area is 103 Å². The molecule has 0 amide bonds. The van der Waals surface area contributed by atoms with Crippen molar-refractivity contribution in [1.82, 2.24) is 9.55 Å². The molecule has 0 saturated carbocycles. The monoisotopic (exact) mass is 290 g/mol. The number of halogens is 1. The van der Waals surface area contributed by atoms with Crippen molar-refractivity contribution >= 4 is 28.6 Å². The summed E-state index contributed by atoms with van der Waals surface area (Å²) >= 11 is 7.39. The summed E-state index contributed by atoms with van der Waals surface area (Å²) in [4.78, 5) is 15.9. The molecule has 0 aliphatic heterocycles. The van der Waals surface area contributed by atoms with Gasteiger partial charge in [-0.05, 0) is 41.4 Å². The van der Waals surface area contributed by atoms with E-state index in [2.05, 4.69) is 33.5 Å². The van der Waals surface area contributed by atoms with Gasteiger partial charge in [0, 0.05) is 6.54 Å². The Morgan fingerprint density at radius 3 is 2.87 bits per heavy atom. The molecule has 0 N–H and O–H groups in total. The normalized spacial score (nSPS) is 10.6. The molecule has 0 bridgehead atoms. The second-order valence-corrected chi connectivity index (χ2v) is 4.67. The zero-order valence-electron chi connectivity index (χ0n) is 8.74. The quantitative estimate of drug-likeness (QED) is 0.668. The van der Waals surface area contributed by atoms with Crippen molar-refractivity contribution < 1.29 is 0 Å². The summed E-state index contributed by atoms with van der Waals surface area (Å²) in [6, 6.07) is 0. The molecule has 1 aromatic rings. The lowest BCUT2D eigenvalue weighted by Crippen LogP contribution is -2.22. The number of nitrogens with zero attached hydrogens (tertiary/aromatic N) is 2. The van der Waals surface area contributed by atoms with Crippen LogP contribution in [0.25, 0.3) is 0 Å². The van der Waals surface area contributed by atoms with Crippen molar-refractivity contribution in [2.45, 2.75) is 32.7 Å². The molecule has 0 fully saturated rings. The minimum Gasteiger partial charge on any atom is -0.298 e. The van der Waals surface area contributed by atoms with Crippen molar-refractivity contribution in [2.75, 3.05) is 5.75 Å². The van der Waals surface area contributed by atoms with Gasteiger partial charge in [0.05, 0.1) is 12.0 Å². The molecule has 1 aromatic heterocycles. The molecule has 0 saturated heterocycles. The largest absolute Gasteiger partial charge is 0.298 e. The van der Waals surface area contributed by atoms with Gasteiger partial charge in [-0.2, -0.15) is 12.6 Å². The maximum absolute atomic E-state index is 11.7. The van der Waals surface area contributed by atoms with Crippen molar-refractivity contribution in [3.63, 3.8) is 0 Å². The summed E-state index contributed by atoms with van der Waals surface area (Å²) in [5, 5.41) is 0. The molecule has 1 heterocycles. The lowest BCUT2D eigenvalue weighted by Gasteiger charge is -2.06. The van der Waals surface area contributed by atoms with Crippen LogP contribution in [0.5, 0.6) is 0 Å². The molecule has 84 valence electrons. The van der Waals surface area contributed by atoms with E-state index in [-0.39, 0.29) is 5.56 Å². The van der Waals surface area contributed by atoms with Gasteiger partial charge in [-0.15, -0.1) is 0 Å². The van der Waals surface area contributed by atoms with Crippen LogP contribution >= 0.6 is 28.6 Å². The summed E-state index contributed by atoms with van der Waals surface area (Å²) < 4.78 is 2.22. The van der Waals surface area contributed by atoms with Crippen molar-refractivity contribution in [1.29, 1.82) is 0 Å². The Kier molecular flexibility index (Phi) is 5.39. The number of thiol groups is 1. The van der Waals surface area contributed by atoms with Crippen LogP contribution in [-0.4, -0.2) is 15.3 Å². The number of hydrogen-bond acceptors (Lipinski definition) is 3. The van der Waals surface area contributed by atoms with Crippen LogP contribution in [-0.2, 0) is 6.54 Å². The summed E-state index contributed by atoms with van der Waals surface area (Å²) in [6.45, 7) is 2.55.